The summed E-state index contributed by atoms with van der Waals surface area (Å²) < 4.78 is 11.5. The van der Waals surface area contributed by atoms with Crippen LogP contribution in [0.25, 0.3) is 0 Å². The summed E-state index contributed by atoms with van der Waals surface area (Å²) in [4.78, 5) is 78.7. The Hall–Kier alpha value is -4.20. The van der Waals surface area contributed by atoms with Crippen molar-refractivity contribution in [2.45, 2.75) is 135 Å². The van der Waals surface area contributed by atoms with E-state index in [2.05, 4.69) is 10.6 Å². The highest BCUT2D eigenvalue weighted by Crippen LogP contribution is 2.30. The molecule has 2 aliphatic rings. The second-order valence-electron chi connectivity index (χ2n) is 14.1. The van der Waals surface area contributed by atoms with Gasteiger partial charge in [-0.1, -0.05) is 24.3 Å². The van der Waals surface area contributed by atoms with Crippen molar-refractivity contribution in [3.8, 4) is 0 Å². The van der Waals surface area contributed by atoms with Gasteiger partial charge in [-0.2, -0.15) is 0 Å². The number of nitrogens with two attached hydrogens (primary N) is 2. The summed E-state index contributed by atoms with van der Waals surface area (Å²) in [5.41, 5.74) is 11.9. The zero-order valence-electron chi connectivity index (χ0n) is 29.5. The van der Waals surface area contributed by atoms with E-state index < -0.39 is 47.7 Å². The maximum absolute atomic E-state index is 14.0. The molecule has 2 heterocycles. The van der Waals surface area contributed by atoms with Crippen LogP contribution in [-0.4, -0.2) is 94.4 Å². The Morgan fingerprint density at radius 1 is 0.959 bits per heavy atom. The van der Waals surface area contributed by atoms with Gasteiger partial charge in [0.2, 0.25) is 29.5 Å². The van der Waals surface area contributed by atoms with Crippen molar-refractivity contribution in [3.63, 3.8) is 0 Å². The van der Waals surface area contributed by atoms with Crippen LogP contribution in [0.3, 0.4) is 0 Å². The molecule has 1 aromatic rings. The van der Waals surface area contributed by atoms with Crippen LogP contribution in [0.4, 0.5) is 4.79 Å². The average Bonchev–Trinajstić information content (AvgIpc) is 3.43. The number of hydrogen-bond acceptors (Lipinski definition) is 8. The van der Waals surface area contributed by atoms with Crippen LogP contribution in [-0.2, 0) is 46.5 Å². The second kappa shape index (κ2) is 18.0. The minimum atomic E-state index is -1.11. The van der Waals surface area contributed by atoms with Crippen LogP contribution in [0.15, 0.2) is 24.3 Å². The van der Waals surface area contributed by atoms with E-state index in [9.17, 15) is 28.8 Å². The molecule has 0 unspecified atom stereocenters. The van der Waals surface area contributed by atoms with Crippen molar-refractivity contribution < 1.29 is 38.2 Å². The SMILES string of the molecule is CC(=O)N1CC[C@H]2CC[C@@H](C(=O)N[C@@H](CCC(N)=O)[C@@H](C)OCc3ccc(CCCCC(N)=O)cc3)N2C(=O)[C@@H](NC(=O)OC(C)(C)C)C1. The van der Waals surface area contributed by atoms with E-state index in [1.807, 2.05) is 31.2 Å². The highest BCUT2D eigenvalue weighted by Gasteiger charge is 2.46. The maximum Gasteiger partial charge on any atom is 0.408 e. The summed E-state index contributed by atoms with van der Waals surface area (Å²) >= 11 is 0. The third-order valence-electron chi connectivity index (χ3n) is 8.90. The van der Waals surface area contributed by atoms with Crippen molar-refractivity contribution in [2.24, 2.45) is 11.5 Å². The lowest BCUT2D eigenvalue weighted by Crippen LogP contribution is -2.62. The first-order valence-corrected chi connectivity index (χ1v) is 17.2. The number of amides is 6. The fraction of sp³-hybridized carbons (Fsp3) is 0.657. The first kappa shape index (κ1) is 39.2. The predicted octanol–water partition coefficient (Wildman–Crippen LogP) is 2.05. The van der Waals surface area contributed by atoms with E-state index in [1.165, 1.54) is 11.8 Å². The molecule has 2 aliphatic heterocycles. The third-order valence-corrected chi connectivity index (χ3v) is 8.90. The molecule has 49 heavy (non-hydrogen) atoms. The highest BCUT2D eigenvalue weighted by molar-refractivity contribution is 5.93. The number of hydrogen-bond donors (Lipinski definition) is 4. The largest absolute Gasteiger partial charge is 0.444 e. The molecule has 0 spiro atoms. The summed E-state index contributed by atoms with van der Waals surface area (Å²) in [7, 11) is 0. The molecule has 2 saturated heterocycles. The summed E-state index contributed by atoms with van der Waals surface area (Å²) in [6.07, 6.45) is 3.23. The molecule has 14 nitrogen and oxygen atoms in total. The van der Waals surface area contributed by atoms with Crippen molar-refractivity contribution >= 4 is 35.6 Å². The average molecular weight is 687 g/mol. The number of fused-ring (bicyclic) bond motifs is 1. The van der Waals surface area contributed by atoms with Gasteiger partial charge in [-0.3, -0.25) is 24.0 Å². The molecule has 2 fully saturated rings. The predicted molar refractivity (Wildman–Crippen MR) is 181 cm³/mol. The van der Waals surface area contributed by atoms with Crippen molar-refractivity contribution in [1.82, 2.24) is 20.4 Å². The van der Waals surface area contributed by atoms with Crippen LogP contribution in [0.5, 0.6) is 0 Å². The van der Waals surface area contributed by atoms with Crippen molar-refractivity contribution in [2.75, 3.05) is 13.1 Å². The number of primary amides is 2. The van der Waals surface area contributed by atoms with Crippen LogP contribution >= 0.6 is 0 Å². The minimum absolute atomic E-state index is 0.0296. The monoisotopic (exact) mass is 686 g/mol. The molecule has 6 amide bonds. The molecule has 6 N–H and O–H groups in total. The Morgan fingerprint density at radius 2 is 1.61 bits per heavy atom. The zero-order valence-corrected chi connectivity index (χ0v) is 29.5. The number of nitrogens with zero attached hydrogens (tertiary/aromatic N) is 2. The lowest BCUT2D eigenvalue weighted by molar-refractivity contribution is -0.145. The smallest absolute Gasteiger partial charge is 0.408 e. The molecule has 0 bridgehead atoms. The van der Waals surface area contributed by atoms with Gasteiger partial charge < -0.3 is 41.4 Å². The van der Waals surface area contributed by atoms with E-state index >= 15 is 0 Å². The number of aryl methyl sites for hydroxylation is 1. The van der Waals surface area contributed by atoms with E-state index in [0.29, 0.717) is 32.2 Å². The van der Waals surface area contributed by atoms with Gasteiger partial charge in [-0.05, 0) is 83.8 Å². The van der Waals surface area contributed by atoms with Gasteiger partial charge in [0.25, 0.3) is 0 Å². The Bertz CT molecular complexity index is 1330. The lowest BCUT2D eigenvalue weighted by Gasteiger charge is -2.39. The summed E-state index contributed by atoms with van der Waals surface area (Å²) in [5, 5.41) is 5.65. The number of ether oxygens (including phenoxy) is 2. The molecular formula is C35H54N6O8. The van der Waals surface area contributed by atoms with E-state index in [4.69, 9.17) is 20.9 Å². The minimum Gasteiger partial charge on any atom is -0.444 e. The van der Waals surface area contributed by atoms with Crippen molar-refractivity contribution in [3.05, 3.63) is 35.4 Å². The molecule has 0 radical (unpaired) electrons. The van der Waals surface area contributed by atoms with Crippen LogP contribution in [0, 0.1) is 0 Å². The zero-order chi connectivity index (χ0) is 36.3. The molecule has 3 rings (SSSR count). The lowest BCUT2D eigenvalue weighted by atomic mass is 10.0. The normalized spacial score (nSPS) is 20.8. The standard InChI is InChI=1S/C35H54N6O8/c1-22(48-21-25-12-10-24(11-13-25)8-6-7-9-30(36)43)27(15-17-31(37)44)38-32(45)29-16-14-26-18-19-40(23(2)42)20-28(33(46)41(26)29)39-34(47)49-35(3,4)5/h10-13,22,26-29H,6-9,14-21H2,1-5H3,(H2,36,43)(H2,37,44)(H,38,45)(H,39,47)/t22-,26-,27+,28+,29+/m1/s1. The summed E-state index contributed by atoms with van der Waals surface area (Å²) in [5.74, 6) is -1.88. The highest BCUT2D eigenvalue weighted by atomic mass is 16.6. The Morgan fingerprint density at radius 3 is 2.22 bits per heavy atom. The van der Waals surface area contributed by atoms with Gasteiger partial charge in [0, 0.05) is 32.4 Å². The number of alkyl carbamates (subject to hydrolysis) is 1. The quantitative estimate of drug-likeness (QED) is 0.201. The van der Waals surface area contributed by atoms with E-state index in [-0.39, 0.29) is 49.8 Å². The number of benzene rings is 1. The fourth-order valence-corrected chi connectivity index (χ4v) is 6.25. The molecule has 1 aromatic carbocycles. The Kier molecular flexibility index (Phi) is 14.4. The third kappa shape index (κ3) is 12.6. The maximum atomic E-state index is 14.0. The molecule has 0 aliphatic carbocycles. The molecule has 0 saturated carbocycles. The van der Waals surface area contributed by atoms with Gasteiger partial charge in [-0.15, -0.1) is 0 Å². The van der Waals surface area contributed by atoms with Crippen LogP contribution < -0.4 is 22.1 Å². The Balaban J connectivity index is 1.69. The van der Waals surface area contributed by atoms with Crippen LogP contribution in [0.2, 0.25) is 0 Å². The topological polar surface area (TPSA) is 203 Å². The van der Waals surface area contributed by atoms with Crippen molar-refractivity contribution in [1.29, 1.82) is 0 Å². The second-order valence-corrected chi connectivity index (χ2v) is 14.1. The van der Waals surface area contributed by atoms with Gasteiger partial charge in [-0.25, -0.2) is 4.79 Å². The first-order chi connectivity index (χ1) is 23.0. The summed E-state index contributed by atoms with van der Waals surface area (Å²) in [6.45, 7) is 8.94. The number of carbonyl (C=O) groups is 6. The molecule has 272 valence electrons. The van der Waals surface area contributed by atoms with Gasteiger partial charge in [0.15, 0.2) is 0 Å². The fourth-order valence-electron chi connectivity index (χ4n) is 6.25. The summed E-state index contributed by atoms with van der Waals surface area (Å²) in [6, 6.07) is 5.15. The molecule has 0 aromatic heterocycles. The number of unbranched alkanes of at least 4 members (excludes halogenated alkanes) is 1. The van der Waals surface area contributed by atoms with E-state index in [1.54, 1.807) is 25.7 Å². The van der Waals surface area contributed by atoms with Crippen LogP contribution in [0.1, 0.15) is 97.1 Å². The number of nitrogens with one attached hydrogen (secondary N) is 2. The first-order valence-electron chi connectivity index (χ1n) is 17.2. The van der Waals surface area contributed by atoms with Gasteiger partial charge in [0.1, 0.15) is 17.7 Å². The molecule has 14 heteroatoms. The molecular weight excluding hydrogens is 632 g/mol. The molecule has 5 atom stereocenters. The van der Waals surface area contributed by atoms with E-state index in [0.717, 1.165) is 30.4 Å². The Labute approximate surface area is 288 Å². The van der Waals surface area contributed by atoms with Gasteiger partial charge in [0.05, 0.1) is 25.3 Å². The number of rotatable bonds is 15. The van der Waals surface area contributed by atoms with Gasteiger partial charge >= 0.3 is 6.09 Å². The number of carbonyl (C=O) groups excluding carboxylic acids is 6.